The van der Waals surface area contributed by atoms with Gasteiger partial charge < -0.3 is 15.0 Å². The number of halogens is 7. The number of aromatic nitrogens is 2. The predicted octanol–water partition coefficient (Wildman–Crippen LogP) is 3.02. The molecule has 2 aliphatic heterocycles. The van der Waals surface area contributed by atoms with Crippen LogP contribution in [0.4, 0.5) is 30.7 Å². The van der Waals surface area contributed by atoms with Crippen molar-refractivity contribution >= 4 is 22.8 Å². The highest BCUT2D eigenvalue weighted by molar-refractivity contribution is 5.88. The Bertz CT molecular complexity index is 1080. The molecule has 14 heteroatoms. The molecule has 1 aromatic heterocycles. The molecule has 180 valence electrons. The number of rotatable bonds is 4. The zero-order chi connectivity index (χ0) is 24.1. The van der Waals surface area contributed by atoms with Gasteiger partial charge in [0.05, 0.1) is 11.2 Å². The molecule has 0 saturated carbocycles. The maximum atomic E-state index is 14.0. The van der Waals surface area contributed by atoms with Crippen LogP contribution in [0.15, 0.2) is 18.2 Å². The topological polar surface area (TPSA) is 76.5 Å². The molecular formula is C19H17F7N4O3. The first-order valence-electron chi connectivity index (χ1n) is 9.91. The highest BCUT2D eigenvalue weighted by atomic mass is 19.4. The van der Waals surface area contributed by atoms with Gasteiger partial charge in [-0.2, -0.15) is 31.4 Å². The fraction of sp³-hybridized carbons (Fsp3) is 0.526. The summed E-state index contributed by atoms with van der Waals surface area (Å²) in [6.45, 7) is 0.468. The molecule has 3 heterocycles. The van der Waals surface area contributed by atoms with Crippen LogP contribution in [0.25, 0.3) is 10.9 Å². The number of hydrogen-bond donors (Lipinski definition) is 1. The number of carbonyl (C=O) groups is 2. The first-order valence-corrected chi connectivity index (χ1v) is 9.91. The second kappa shape index (κ2) is 8.15. The van der Waals surface area contributed by atoms with Gasteiger partial charge in [-0.15, -0.1) is 0 Å². The number of nitrogens with one attached hydrogen (secondary N) is 1. The van der Waals surface area contributed by atoms with E-state index in [2.05, 4.69) is 15.2 Å². The van der Waals surface area contributed by atoms with Crippen molar-refractivity contribution in [1.82, 2.24) is 20.0 Å². The quantitative estimate of drug-likeness (QED) is 0.536. The minimum Gasteiger partial charge on any atom is -0.423 e. The van der Waals surface area contributed by atoms with E-state index in [1.807, 2.05) is 0 Å². The van der Waals surface area contributed by atoms with Crippen molar-refractivity contribution in [2.24, 2.45) is 0 Å². The van der Waals surface area contributed by atoms with Crippen molar-refractivity contribution in [1.29, 1.82) is 0 Å². The number of fused-ring (bicyclic) bond motifs is 1. The fourth-order valence-corrected chi connectivity index (χ4v) is 3.98. The van der Waals surface area contributed by atoms with Crippen LogP contribution < -0.4 is 5.32 Å². The van der Waals surface area contributed by atoms with Crippen molar-refractivity contribution in [3.05, 3.63) is 29.7 Å². The molecule has 2 atom stereocenters. The molecule has 1 unspecified atom stereocenters. The normalized spacial score (nSPS) is 20.7. The predicted molar refractivity (Wildman–Crippen MR) is 97.3 cm³/mol. The molecular weight excluding hydrogens is 465 g/mol. The number of likely N-dealkylation sites (tertiary alicyclic amines) is 1. The van der Waals surface area contributed by atoms with E-state index in [4.69, 9.17) is 0 Å². The Morgan fingerprint density at radius 2 is 1.85 bits per heavy atom. The van der Waals surface area contributed by atoms with Crippen molar-refractivity contribution in [3.8, 4) is 0 Å². The molecule has 0 bridgehead atoms. The van der Waals surface area contributed by atoms with Gasteiger partial charge in [-0.3, -0.25) is 4.79 Å². The number of amides is 1. The lowest BCUT2D eigenvalue weighted by Gasteiger charge is -2.30. The SMILES string of the molecule is O=C(C(OC(=O)C(F)(F)F)n1nc(C2CNC2)c2ccc(F)cc21)N1CCC[C@H]1C(F)(F)F. The Morgan fingerprint density at radius 3 is 2.42 bits per heavy atom. The number of esters is 1. The van der Waals surface area contributed by atoms with Crippen LogP contribution in [0, 0.1) is 5.82 Å². The Hall–Kier alpha value is -2.90. The molecule has 1 N–H and O–H groups in total. The second-order valence-electron chi connectivity index (χ2n) is 7.83. The summed E-state index contributed by atoms with van der Waals surface area (Å²) in [4.78, 5) is 25.0. The Balaban J connectivity index is 1.82. The lowest BCUT2D eigenvalue weighted by molar-refractivity contribution is -0.214. The van der Waals surface area contributed by atoms with Gasteiger partial charge >= 0.3 is 18.3 Å². The fourth-order valence-electron chi connectivity index (χ4n) is 3.98. The van der Waals surface area contributed by atoms with Crippen LogP contribution in [-0.2, 0) is 14.3 Å². The van der Waals surface area contributed by atoms with E-state index >= 15 is 0 Å². The first-order chi connectivity index (χ1) is 15.4. The Morgan fingerprint density at radius 1 is 1.15 bits per heavy atom. The molecule has 2 saturated heterocycles. The molecule has 2 aromatic rings. The molecule has 0 aliphatic carbocycles. The van der Waals surface area contributed by atoms with Gasteiger partial charge in [-0.1, -0.05) is 0 Å². The maximum absolute atomic E-state index is 14.0. The first kappa shape index (κ1) is 23.3. The second-order valence-corrected chi connectivity index (χ2v) is 7.83. The average Bonchev–Trinajstić information content (AvgIpc) is 3.29. The maximum Gasteiger partial charge on any atom is 0.491 e. The molecule has 1 aromatic carbocycles. The van der Waals surface area contributed by atoms with Gasteiger partial charge in [0.25, 0.3) is 12.1 Å². The largest absolute Gasteiger partial charge is 0.491 e. The molecule has 7 nitrogen and oxygen atoms in total. The summed E-state index contributed by atoms with van der Waals surface area (Å²) in [5.41, 5.74) is 0.103. The van der Waals surface area contributed by atoms with E-state index in [9.17, 15) is 40.3 Å². The van der Waals surface area contributed by atoms with Crippen molar-refractivity contribution in [2.45, 2.75) is 43.4 Å². The summed E-state index contributed by atoms with van der Waals surface area (Å²) in [6, 6.07) is 0.975. The van der Waals surface area contributed by atoms with Crippen LogP contribution in [0.2, 0.25) is 0 Å². The summed E-state index contributed by atoms with van der Waals surface area (Å²) < 4.78 is 97.9. The lowest BCUT2D eigenvalue weighted by atomic mass is 9.96. The van der Waals surface area contributed by atoms with Crippen LogP contribution in [-0.4, -0.2) is 64.6 Å². The highest BCUT2D eigenvalue weighted by Crippen LogP contribution is 2.36. The monoisotopic (exact) mass is 482 g/mol. The summed E-state index contributed by atoms with van der Waals surface area (Å²) in [6.07, 6.45) is -13.4. The van der Waals surface area contributed by atoms with Gasteiger partial charge in [0.1, 0.15) is 11.9 Å². The smallest absolute Gasteiger partial charge is 0.423 e. The molecule has 2 aliphatic rings. The summed E-state index contributed by atoms with van der Waals surface area (Å²) >= 11 is 0. The zero-order valence-corrected chi connectivity index (χ0v) is 16.7. The van der Waals surface area contributed by atoms with E-state index in [0.29, 0.717) is 28.4 Å². The van der Waals surface area contributed by atoms with Crippen molar-refractivity contribution in [3.63, 3.8) is 0 Å². The Labute approximate surface area is 181 Å². The van der Waals surface area contributed by atoms with E-state index in [1.165, 1.54) is 6.07 Å². The molecule has 2 fully saturated rings. The third-order valence-electron chi connectivity index (χ3n) is 5.66. The number of hydrogen-bond acceptors (Lipinski definition) is 5. The Kier molecular flexibility index (Phi) is 5.75. The summed E-state index contributed by atoms with van der Waals surface area (Å²) in [5.74, 6) is -5.37. The van der Waals surface area contributed by atoms with Gasteiger partial charge in [-0.25, -0.2) is 13.9 Å². The standard InChI is InChI=1S/C19H17F7N4O3/c20-10-3-4-11-12(6-10)30(28-14(11)9-7-27-8-9)16(33-17(32)19(24,25)26)15(31)29-5-1-2-13(29)18(21,22)23/h3-4,6,9,13,16,27H,1-2,5,7-8H2/t13-,16?/m0/s1. The molecule has 33 heavy (non-hydrogen) atoms. The summed E-state index contributed by atoms with van der Waals surface area (Å²) in [5, 5.41) is 7.34. The minimum absolute atomic E-state index is 0.0523. The van der Waals surface area contributed by atoms with E-state index in [1.54, 1.807) is 0 Å². The van der Waals surface area contributed by atoms with Gasteiger partial charge in [0.15, 0.2) is 0 Å². The summed E-state index contributed by atoms with van der Waals surface area (Å²) in [7, 11) is 0. The minimum atomic E-state index is -5.53. The highest BCUT2D eigenvalue weighted by Gasteiger charge is 2.51. The van der Waals surface area contributed by atoms with Crippen LogP contribution in [0.1, 0.15) is 30.7 Å². The van der Waals surface area contributed by atoms with E-state index in [-0.39, 0.29) is 23.2 Å². The number of ether oxygens (including phenoxy) is 1. The molecule has 0 spiro atoms. The third-order valence-corrected chi connectivity index (χ3v) is 5.66. The van der Waals surface area contributed by atoms with Crippen LogP contribution >= 0.6 is 0 Å². The van der Waals surface area contributed by atoms with E-state index < -0.39 is 55.3 Å². The molecule has 0 radical (unpaired) electrons. The third kappa shape index (κ3) is 4.35. The number of alkyl halides is 6. The van der Waals surface area contributed by atoms with Gasteiger partial charge in [0.2, 0.25) is 0 Å². The van der Waals surface area contributed by atoms with Crippen molar-refractivity contribution in [2.75, 3.05) is 19.6 Å². The lowest BCUT2D eigenvalue weighted by Crippen LogP contribution is -2.48. The molecule has 4 rings (SSSR count). The number of benzene rings is 1. The van der Waals surface area contributed by atoms with Crippen LogP contribution in [0.3, 0.4) is 0 Å². The average molecular weight is 482 g/mol. The number of nitrogens with zero attached hydrogens (tertiary/aromatic N) is 3. The van der Waals surface area contributed by atoms with E-state index in [0.717, 1.165) is 12.1 Å². The van der Waals surface area contributed by atoms with Crippen molar-refractivity contribution < 1.29 is 45.1 Å². The number of carbonyl (C=O) groups excluding carboxylic acids is 2. The van der Waals surface area contributed by atoms with Gasteiger partial charge in [-0.05, 0) is 31.0 Å². The van der Waals surface area contributed by atoms with Crippen LogP contribution in [0.5, 0.6) is 0 Å². The van der Waals surface area contributed by atoms with Gasteiger partial charge in [0, 0.05) is 30.9 Å². The zero-order valence-electron chi connectivity index (χ0n) is 16.7. The molecule has 1 amide bonds.